The van der Waals surface area contributed by atoms with Crippen LogP contribution in [-0.4, -0.2) is 4.98 Å². The summed E-state index contributed by atoms with van der Waals surface area (Å²) in [6, 6.07) is 22.4. The van der Waals surface area contributed by atoms with E-state index in [1.165, 1.54) is 17.7 Å². The lowest BCUT2D eigenvalue weighted by Gasteiger charge is -2.01. The molecule has 4 aromatic rings. The number of nitrogens with zero attached hydrogens (tertiary/aromatic N) is 1. The summed E-state index contributed by atoms with van der Waals surface area (Å²) in [6.07, 6.45) is 0.788. The first-order valence-corrected chi connectivity index (χ1v) is 7.48. The molecule has 0 spiro atoms. The third-order valence-corrected chi connectivity index (χ3v) is 3.83. The maximum Gasteiger partial charge on any atom is 0.227 e. The molecule has 0 aliphatic carbocycles. The first-order valence-electron chi connectivity index (χ1n) is 7.48. The van der Waals surface area contributed by atoms with Crippen LogP contribution < -0.4 is 0 Å². The minimum atomic E-state index is -0.269. The number of fused-ring (bicyclic) bond motifs is 1. The van der Waals surface area contributed by atoms with Gasteiger partial charge >= 0.3 is 0 Å². The van der Waals surface area contributed by atoms with Crippen molar-refractivity contribution >= 4 is 11.1 Å². The van der Waals surface area contributed by atoms with Crippen molar-refractivity contribution in [1.82, 2.24) is 4.98 Å². The van der Waals surface area contributed by atoms with Crippen molar-refractivity contribution in [3.8, 4) is 11.5 Å². The van der Waals surface area contributed by atoms with E-state index in [2.05, 4.69) is 23.2 Å². The van der Waals surface area contributed by atoms with Crippen LogP contribution in [0.15, 0.2) is 77.2 Å². The van der Waals surface area contributed by atoms with Crippen molar-refractivity contribution in [3.05, 3.63) is 89.7 Å². The van der Waals surface area contributed by atoms with E-state index >= 15 is 0 Å². The Balaban J connectivity index is 1.77. The van der Waals surface area contributed by atoms with Gasteiger partial charge in [-0.3, -0.25) is 0 Å². The quantitative estimate of drug-likeness (QED) is 0.518. The summed E-state index contributed by atoms with van der Waals surface area (Å²) in [5.74, 6) is 0.245. The molecule has 0 saturated heterocycles. The zero-order valence-corrected chi connectivity index (χ0v) is 12.4. The van der Waals surface area contributed by atoms with Gasteiger partial charge in [-0.05, 0) is 35.9 Å². The molecule has 0 bridgehead atoms. The maximum absolute atomic E-state index is 13.1. The van der Waals surface area contributed by atoms with Gasteiger partial charge in [0.2, 0.25) is 5.89 Å². The normalized spacial score (nSPS) is 11.0. The minimum absolute atomic E-state index is 0.269. The monoisotopic (exact) mass is 303 g/mol. The zero-order valence-electron chi connectivity index (χ0n) is 12.4. The molecule has 0 N–H and O–H groups in total. The van der Waals surface area contributed by atoms with Gasteiger partial charge in [0.25, 0.3) is 0 Å². The molecule has 112 valence electrons. The fraction of sp³-hybridized carbons (Fsp3) is 0.0500. The Morgan fingerprint density at radius 1 is 0.826 bits per heavy atom. The average Bonchev–Trinajstić information content (AvgIpc) is 3.02. The molecule has 0 saturated carbocycles. The van der Waals surface area contributed by atoms with Gasteiger partial charge in [-0.1, -0.05) is 42.5 Å². The van der Waals surface area contributed by atoms with E-state index in [1.807, 2.05) is 30.3 Å². The summed E-state index contributed by atoms with van der Waals surface area (Å²) >= 11 is 0. The van der Waals surface area contributed by atoms with Gasteiger partial charge in [0.15, 0.2) is 5.58 Å². The van der Waals surface area contributed by atoms with Gasteiger partial charge in [-0.2, -0.15) is 0 Å². The molecule has 1 aromatic heterocycles. The van der Waals surface area contributed by atoms with Crippen LogP contribution in [0.1, 0.15) is 11.1 Å². The van der Waals surface area contributed by atoms with Gasteiger partial charge in [0, 0.05) is 17.5 Å². The topological polar surface area (TPSA) is 26.0 Å². The van der Waals surface area contributed by atoms with Crippen LogP contribution in [0.3, 0.4) is 0 Å². The fourth-order valence-corrected chi connectivity index (χ4v) is 2.68. The fourth-order valence-electron chi connectivity index (χ4n) is 2.68. The van der Waals surface area contributed by atoms with Crippen LogP contribution in [0.5, 0.6) is 0 Å². The molecule has 3 heteroatoms. The predicted octanol–water partition coefficient (Wildman–Crippen LogP) is 5.22. The standard InChI is InChI=1S/C20H14FNO/c21-17-11-9-15(10-12-17)20-22-18-8-4-7-16(19(18)23-20)13-14-5-2-1-3-6-14/h1-12H,13H2. The number of hydrogen-bond acceptors (Lipinski definition) is 2. The first-order chi connectivity index (χ1) is 11.3. The smallest absolute Gasteiger partial charge is 0.227 e. The number of benzene rings is 3. The second-order valence-corrected chi connectivity index (χ2v) is 5.45. The third kappa shape index (κ3) is 2.73. The first kappa shape index (κ1) is 13.7. The molecule has 4 rings (SSSR count). The summed E-state index contributed by atoms with van der Waals surface area (Å²) in [6.45, 7) is 0. The Bertz CT molecular complexity index is 942. The number of aromatic nitrogens is 1. The lowest BCUT2D eigenvalue weighted by Crippen LogP contribution is -1.87. The van der Waals surface area contributed by atoms with Crippen molar-refractivity contribution in [3.63, 3.8) is 0 Å². The van der Waals surface area contributed by atoms with Crippen LogP contribution in [0.2, 0.25) is 0 Å². The zero-order chi connectivity index (χ0) is 15.6. The van der Waals surface area contributed by atoms with Crippen LogP contribution in [0, 0.1) is 5.82 Å². The molecular weight excluding hydrogens is 289 g/mol. The van der Waals surface area contributed by atoms with E-state index in [-0.39, 0.29) is 5.82 Å². The van der Waals surface area contributed by atoms with Gasteiger partial charge < -0.3 is 4.42 Å². The molecule has 1 heterocycles. The Kier molecular flexibility index (Phi) is 3.39. The largest absolute Gasteiger partial charge is 0.436 e. The number of para-hydroxylation sites is 1. The lowest BCUT2D eigenvalue weighted by molar-refractivity contribution is 0.613. The van der Waals surface area contributed by atoms with E-state index in [0.717, 1.165) is 28.6 Å². The Labute approximate surface area is 133 Å². The highest BCUT2D eigenvalue weighted by Crippen LogP contribution is 2.27. The molecule has 3 aromatic carbocycles. The third-order valence-electron chi connectivity index (χ3n) is 3.83. The summed E-state index contributed by atoms with van der Waals surface area (Å²) in [5, 5.41) is 0. The molecule has 0 atom stereocenters. The summed E-state index contributed by atoms with van der Waals surface area (Å²) in [7, 11) is 0. The molecule has 2 nitrogen and oxygen atoms in total. The minimum Gasteiger partial charge on any atom is -0.436 e. The molecule has 0 radical (unpaired) electrons. The molecule has 0 amide bonds. The molecule has 0 fully saturated rings. The van der Waals surface area contributed by atoms with Gasteiger partial charge in [0.1, 0.15) is 11.3 Å². The molecular formula is C20H14FNO. The summed E-state index contributed by atoms with van der Waals surface area (Å²) < 4.78 is 19.0. The summed E-state index contributed by atoms with van der Waals surface area (Å²) in [4.78, 5) is 4.53. The van der Waals surface area contributed by atoms with Gasteiger partial charge in [-0.25, -0.2) is 9.37 Å². The highest BCUT2D eigenvalue weighted by Gasteiger charge is 2.12. The van der Waals surface area contributed by atoms with E-state index in [0.29, 0.717) is 5.89 Å². The molecule has 23 heavy (non-hydrogen) atoms. The number of rotatable bonds is 3. The lowest BCUT2D eigenvalue weighted by atomic mass is 10.0. The van der Waals surface area contributed by atoms with Crippen molar-refractivity contribution in [2.45, 2.75) is 6.42 Å². The van der Waals surface area contributed by atoms with E-state index in [4.69, 9.17) is 4.42 Å². The van der Waals surface area contributed by atoms with E-state index < -0.39 is 0 Å². The number of halogens is 1. The Morgan fingerprint density at radius 3 is 2.39 bits per heavy atom. The average molecular weight is 303 g/mol. The molecule has 0 aliphatic rings. The molecule has 0 unspecified atom stereocenters. The SMILES string of the molecule is Fc1ccc(-c2nc3cccc(Cc4ccccc4)c3o2)cc1. The second kappa shape index (κ2) is 5.69. The van der Waals surface area contributed by atoms with Crippen molar-refractivity contribution in [1.29, 1.82) is 0 Å². The van der Waals surface area contributed by atoms with Crippen molar-refractivity contribution in [2.75, 3.05) is 0 Å². The Hall–Kier alpha value is -2.94. The van der Waals surface area contributed by atoms with Crippen molar-refractivity contribution in [2.24, 2.45) is 0 Å². The summed E-state index contributed by atoms with van der Waals surface area (Å²) in [5.41, 5.74) is 4.69. The van der Waals surface area contributed by atoms with Crippen LogP contribution in [-0.2, 0) is 6.42 Å². The second-order valence-electron chi connectivity index (χ2n) is 5.45. The van der Waals surface area contributed by atoms with E-state index in [1.54, 1.807) is 12.1 Å². The Morgan fingerprint density at radius 2 is 1.61 bits per heavy atom. The number of hydrogen-bond donors (Lipinski definition) is 0. The highest BCUT2D eigenvalue weighted by atomic mass is 19.1. The van der Waals surface area contributed by atoms with Crippen molar-refractivity contribution < 1.29 is 8.81 Å². The van der Waals surface area contributed by atoms with Gasteiger partial charge in [-0.15, -0.1) is 0 Å². The van der Waals surface area contributed by atoms with Crippen LogP contribution in [0.25, 0.3) is 22.6 Å². The number of oxazole rings is 1. The van der Waals surface area contributed by atoms with Crippen LogP contribution in [0.4, 0.5) is 4.39 Å². The molecule has 0 aliphatic heterocycles. The maximum atomic E-state index is 13.1. The predicted molar refractivity (Wildman–Crippen MR) is 88.7 cm³/mol. The highest BCUT2D eigenvalue weighted by molar-refractivity contribution is 5.79. The van der Waals surface area contributed by atoms with E-state index in [9.17, 15) is 4.39 Å². The van der Waals surface area contributed by atoms with Gasteiger partial charge in [0.05, 0.1) is 0 Å². The van der Waals surface area contributed by atoms with Crippen LogP contribution >= 0.6 is 0 Å².